The Labute approximate surface area is 321 Å². The Kier molecular flexibility index (Phi) is 7.87. The first-order valence-electron chi connectivity index (χ1n) is 20.5. The Morgan fingerprint density at radius 1 is 1.00 bits per heavy atom. The number of aliphatic hydroxyl groups is 2. The van der Waals surface area contributed by atoms with E-state index in [9.17, 15) is 15.0 Å². The van der Waals surface area contributed by atoms with E-state index in [1.165, 1.54) is 27.8 Å². The molecule has 7 aliphatic rings. The zero-order valence-corrected chi connectivity index (χ0v) is 33.6. The molecule has 2 fully saturated rings. The molecule has 5 heteroatoms. The monoisotopic (exact) mass is 725 g/mol. The van der Waals surface area contributed by atoms with Crippen LogP contribution >= 0.6 is 0 Å². The summed E-state index contributed by atoms with van der Waals surface area (Å²) in [6.45, 7) is 22.2. The van der Waals surface area contributed by atoms with E-state index < -0.39 is 34.9 Å². The number of allylic oxidation sites excluding steroid dienone is 10. The van der Waals surface area contributed by atoms with Crippen molar-refractivity contribution in [1.29, 1.82) is 0 Å². The van der Waals surface area contributed by atoms with E-state index in [4.69, 9.17) is 4.74 Å². The van der Waals surface area contributed by atoms with Gasteiger partial charge < -0.3 is 19.5 Å². The summed E-state index contributed by atoms with van der Waals surface area (Å²) in [4.78, 5) is 15.0. The Morgan fingerprint density at radius 3 is 2.50 bits per heavy atom. The molecule has 0 saturated heterocycles. The number of carbonyl (C=O) groups excluding carboxylic acids is 1. The molecule has 54 heavy (non-hydrogen) atoms. The van der Waals surface area contributed by atoms with Gasteiger partial charge in [-0.3, -0.25) is 4.79 Å². The molecule has 3 heterocycles. The zero-order chi connectivity index (χ0) is 38.3. The molecule has 5 nitrogen and oxygen atoms in total. The van der Waals surface area contributed by atoms with Gasteiger partial charge in [0.1, 0.15) is 6.04 Å². The average molecular weight is 726 g/mol. The number of hydrogen-bond donors (Lipinski definition) is 2. The van der Waals surface area contributed by atoms with Gasteiger partial charge in [0, 0.05) is 27.8 Å². The number of nitrogens with zero attached hydrogens (tertiary/aromatic N) is 1. The van der Waals surface area contributed by atoms with Crippen LogP contribution in [0.4, 0.5) is 0 Å². The highest BCUT2D eigenvalue weighted by molar-refractivity contribution is 6.17. The van der Waals surface area contributed by atoms with Crippen molar-refractivity contribution in [2.45, 2.75) is 135 Å². The summed E-state index contributed by atoms with van der Waals surface area (Å²) in [5.74, 6) is 0.532. The van der Waals surface area contributed by atoms with Crippen molar-refractivity contribution < 1.29 is 19.7 Å². The van der Waals surface area contributed by atoms with Crippen molar-refractivity contribution in [3.63, 3.8) is 0 Å². The number of carbonyl (C=O) groups is 1. The van der Waals surface area contributed by atoms with Gasteiger partial charge >= 0.3 is 0 Å². The molecule has 0 spiro atoms. The molecule has 0 amide bonds. The Bertz CT molecular complexity index is 2200. The zero-order valence-electron chi connectivity index (χ0n) is 33.6. The number of fused-ring (bicyclic) bond motifs is 10. The lowest BCUT2D eigenvalue weighted by molar-refractivity contribution is -0.156. The van der Waals surface area contributed by atoms with E-state index in [1.54, 1.807) is 0 Å². The highest BCUT2D eigenvalue weighted by atomic mass is 16.5. The van der Waals surface area contributed by atoms with Crippen LogP contribution in [0.5, 0.6) is 0 Å². The largest absolute Gasteiger partial charge is 0.392 e. The number of aliphatic hydroxyl groups excluding tert-OH is 2. The van der Waals surface area contributed by atoms with Crippen molar-refractivity contribution in [3.05, 3.63) is 118 Å². The van der Waals surface area contributed by atoms with Crippen LogP contribution in [0.25, 0.3) is 10.9 Å². The van der Waals surface area contributed by atoms with Crippen LogP contribution in [-0.4, -0.2) is 37.9 Å². The van der Waals surface area contributed by atoms with Crippen LogP contribution < -0.4 is 0 Å². The van der Waals surface area contributed by atoms with E-state index in [0.717, 1.165) is 60.7 Å². The van der Waals surface area contributed by atoms with E-state index >= 15 is 0 Å². The second-order valence-corrected chi connectivity index (χ2v) is 19.7. The number of Topliss-reactive ketones (excluding diaryl/α,β-unsaturated/α-hetero) is 1. The van der Waals surface area contributed by atoms with Crippen LogP contribution in [0.2, 0.25) is 0 Å². The van der Waals surface area contributed by atoms with Gasteiger partial charge in [0.2, 0.25) is 0 Å². The van der Waals surface area contributed by atoms with Crippen molar-refractivity contribution in [2.75, 3.05) is 0 Å². The first-order valence-corrected chi connectivity index (χ1v) is 20.5. The maximum absolute atomic E-state index is 15.0. The van der Waals surface area contributed by atoms with Crippen LogP contribution in [-0.2, 0) is 23.0 Å². The molecule has 0 bridgehead atoms. The van der Waals surface area contributed by atoms with Crippen molar-refractivity contribution >= 4 is 16.7 Å². The number of aromatic nitrogens is 1. The quantitative estimate of drug-likeness (QED) is 0.309. The van der Waals surface area contributed by atoms with Gasteiger partial charge in [0.15, 0.2) is 5.78 Å². The summed E-state index contributed by atoms with van der Waals surface area (Å²) in [6, 6.07) is 1.86. The van der Waals surface area contributed by atoms with Gasteiger partial charge in [-0.25, -0.2) is 0 Å². The summed E-state index contributed by atoms with van der Waals surface area (Å²) in [7, 11) is 0. The Balaban J connectivity index is 1.22. The predicted octanol–water partition coefficient (Wildman–Crippen LogP) is 10.2. The van der Waals surface area contributed by atoms with Gasteiger partial charge in [-0.2, -0.15) is 0 Å². The second kappa shape index (κ2) is 11.8. The fourth-order valence-electron chi connectivity index (χ4n) is 13.5. The average Bonchev–Trinajstić information content (AvgIpc) is 3.70. The predicted molar refractivity (Wildman–Crippen MR) is 218 cm³/mol. The molecule has 1 aromatic carbocycles. The summed E-state index contributed by atoms with van der Waals surface area (Å²) in [5.41, 5.74) is 7.81. The molecule has 5 aliphatic carbocycles. The number of ketones is 1. The van der Waals surface area contributed by atoms with E-state index in [1.807, 2.05) is 6.92 Å². The second-order valence-electron chi connectivity index (χ2n) is 19.7. The minimum Gasteiger partial charge on any atom is -0.392 e. The van der Waals surface area contributed by atoms with Crippen LogP contribution in [0.15, 0.2) is 90.1 Å². The Hall–Kier alpha value is -3.51. The lowest BCUT2D eigenvalue weighted by Gasteiger charge is -2.64. The standard InChI is InChI=1S/C49H59NO4/c1-28(2)40-43(53)38-37-30(24-31-27-45(3,4)54-46(5,6)39(31)42(37)52)25-33-34-26-32-18-19-35-47(7,22-20-29-16-14-12-10-11-13-15-17-29)36(51)21-23-48(35,8)49(32,9)44(34)50(40)41(33)38/h10-16,20,22,25,27,32,35-36,39-40,42,51-52H,1,17-19,21,23-24,26H2,2-9H3/b11-10-,14-12-,15-13-,22-20+,29-16+/t32?,35-,36-,39?,40-,42+,47-,48-,49+/m0/s1. The number of ether oxygens (including phenoxy) is 1. The smallest absolute Gasteiger partial charge is 0.192 e. The normalized spacial score (nSPS) is 41.3. The number of rotatable bonds is 3. The van der Waals surface area contributed by atoms with Crippen LogP contribution in [0.1, 0.15) is 132 Å². The van der Waals surface area contributed by atoms with E-state index in [-0.39, 0.29) is 28.4 Å². The van der Waals surface area contributed by atoms with Crippen LogP contribution in [0, 0.1) is 28.6 Å². The highest BCUT2D eigenvalue weighted by Crippen LogP contribution is 2.71. The summed E-state index contributed by atoms with van der Waals surface area (Å²) < 4.78 is 8.99. The molecule has 2 unspecified atom stereocenters. The van der Waals surface area contributed by atoms with Gasteiger partial charge in [0.05, 0.1) is 34.5 Å². The summed E-state index contributed by atoms with van der Waals surface area (Å²) in [5, 5.41) is 25.5. The van der Waals surface area contributed by atoms with Crippen molar-refractivity contribution in [3.8, 4) is 0 Å². The highest BCUT2D eigenvalue weighted by Gasteiger charge is 2.67. The van der Waals surface area contributed by atoms with Crippen LogP contribution in [0.3, 0.4) is 0 Å². The molecule has 0 radical (unpaired) electrons. The van der Waals surface area contributed by atoms with E-state index in [0.29, 0.717) is 17.9 Å². The van der Waals surface area contributed by atoms with Gasteiger partial charge in [0.25, 0.3) is 0 Å². The summed E-state index contributed by atoms with van der Waals surface area (Å²) in [6.07, 6.45) is 26.7. The topological polar surface area (TPSA) is 71.7 Å². The third kappa shape index (κ3) is 4.70. The van der Waals surface area contributed by atoms with Gasteiger partial charge in [-0.15, -0.1) is 0 Å². The lowest BCUT2D eigenvalue weighted by atomic mass is 9.40. The van der Waals surface area contributed by atoms with Gasteiger partial charge in [-0.1, -0.05) is 99.3 Å². The minimum atomic E-state index is -0.844. The number of hydrogen-bond acceptors (Lipinski definition) is 4. The maximum atomic E-state index is 15.0. The third-order valence-corrected chi connectivity index (χ3v) is 15.8. The SMILES string of the molecule is C=C(C)[C@H]1C(=O)c2c3c(cc4c5c(n1c24)[C@@]1(C)C(CC[C@H]2[C@](C)(/C=C/C4=C/C=C\C=C/C=C\C4)[C@@H](O)CC[C@@]21C)C5)CC1=CC(C)(C)OC(C)(C)C1[C@@H]3O. The molecule has 284 valence electrons. The molecule has 2 aromatic rings. The summed E-state index contributed by atoms with van der Waals surface area (Å²) >= 11 is 0. The molecular weight excluding hydrogens is 667 g/mol. The molecule has 1 aromatic heterocycles. The first-order chi connectivity index (χ1) is 25.4. The first kappa shape index (κ1) is 36.1. The minimum absolute atomic E-state index is 0.0708. The molecule has 2 saturated carbocycles. The van der Waals surface area contributed by atoms with Gasteiger partial charge in [-0.05, 0) is 125 Å². The molecular formula is C49H59NO4. The molecule has 2 N–H and O–H groups in total. The Morgan fingerprint density at radius 2 is 1.74 bits per heavy atom. The maximum Gasteiger partial charge on any atom is 0.192 e. The lowest BCUT2D eigenvalue weighted by Crippen LogP contribution is -2.62. The molecule has 2 aliphatic heterocycles. The van der Waals surface area contributed by atoms with E-state index in [2.05, 4.69) is 126 Å². The fourth-order valence-corrected chi connectivity index (χ4v) is 13.5. The fraction of sp³-hybridized carbons (Fsp3) is 0.531. The number of benzene rings is 1. The van der Waals surface area contributed by atoms with Crippen molar-refractivity contribution in [1.82, 2.24) is 4.57 Å². The molecule has 9 atom stereocenters. The van der Waals surface area contributed by atoms with Crippen molar-refractivity contribution in [2.24, 2.45) is 28.6 Å². The third-order valence-electron chi connectivity index (χ3n) is 15.8. The molecule has 9 rings (SSSR count).